The molecule has 0 unspecified atom stereocenters. The Morgan fingerprint density at radius 3 is 2.00 bits per heavy atom. The summed E-state index contributed by atoms with van der Waals surface area (Å²) in [6.45, 7) is 13.6. The molecule has 0 bridgehead atoms. The number of hydrogen-bond donors (Lipinski definition) is 0. The second kappa shape index (κ2) is 10.6. The second-order valence-corrected chi connectivity index (χ2v) is 16.6. The molecular weight excluding hydrogens is 421 g/mol. The SMILES string of the molecule is C=C(C)[C@@]1(O[Si](C)(C)C)CCCC[C@@H]1CC(Sc1ccccc1)Sc1ccccc1. The number of rotatable bonds is 9. The maximum absolute atomic E-state index is 6.96. The summed E-state index contributed by atoms with van der Waals surface area (Å²) in [6.07, 6.45) is 6.04. The van der Waals surface area contributed by atoms with E-state index in [1.807, 2.05) is 23.5 Å². The van der Waals surface area contributed by atoms with Crippen molar-refractivity contribution in [2.75, 3.05) is 0 Å². The summed E-state index contributed by atoms with van der Waals surface area (Å²) in [5, 5.41) is 0. The van der Waals surface area contributed by atoms with Gasteiger partial charge in [-0.25, -0.2) is 0 Å². The molecule has 162 valence electrons. The molecule has 2 aromatic rings. The molecule has 1 aliphatic rings. The summed E-state index contributed by atoms with van der Waals surface area (Å²) < 4.78 is 7.41. The van der Waals surface area contributed by atoms with Crippen molar-refractivity contribution in [1.82, 2.24) is 0 Å². The maximum atomic E-state index is 6.96. The van der Waals surface area contributed by atoms with Gasteiger partial charge < -0.3 is 4.43 Å². The molecule has 4 heteroatoms. The Balaban J connectivity index is 1.86. The second-order valence-electron chi connectivity index (χ2n) is 9.35. The lowest BCUT2D eigenvalue weighted by atomic mass is 9.71. The van der Waals surface area contributed by atoms with Crippen molar-refractivity contribution in [2.45, 2.75) is 78.6 Å². The average Bonchev–Trinajstić information content (AvgIpc) is 2.70. The van der Waals surface area contributed by atoms with E-state index in [1.54, 1.807) is 0 Å². The molecule has 1 nitrogen and oxygen atoms in total. The van der Waals surface area contributed by atoms with Gasteiger partial charge >= 0.3 is 0 Å². The Labute approximate surface area is 193 Å². The maximum Gasteiger partial charge on any atom is 0.184 e. The predicted molar refractivity (Wildman–Crippen MR) is 137 cm³/mol. The van der Waals surface area contributed by atoms with Gasteiger partial charge in [0.2, 0.25) is 0 Å². The van der Waals surface area contributed by atoms with Gasteiger partial charge in [0.05, 0.1) is 10.2 Å². The third-order valence-corrected chi connectivity index (χ3v) is 9.27. The average molecular weight is 457 g/mol. The lowest BCUT2D eigenvalue weighted by Gasteiger charge is -2.49. The van der Waals surface area contributed by atoms with E-state index >= 15 is 0 Å². The molecule has 2 aromatic carbocycles. The van der Waals surface area contributed by atoms with Crippen LogP contribution in [0.5, 0.6) is 0 Å². The van der Waals surface area contributed by atoms with Gasteiger partial charge in [0.1, 0.15) is 0 Å². The predicted octanol–water partition coefficient (Wildman–Crippen LogP) is 8.64. The Kier molecular flexibility index (Phi) is 8.36. The molecule has 1 fully saturated rings. The Bertz CT molecular complexity index is 761. The van der Waals surface area contributed by atoms with Crippen molar-refractivity contribution >= 4 is 31.8 Å². The van der Waals surface area contributed by atoms with E-state index in [0.717, 1.165) is 12.8 Å². The quantitative estimate of drug-likeness (QED) is 0.162. The molecule has 0 saturated heterocycles. The normalized spacial score (nSPS) is 22.2. The zero-order valence-corrected chi connectivity index (χ0v) is 21.5. The molecule has 0 radical (unpaired) electrons. The van der Waals surface area contributed by atoms with Gasteiger partial charge in [-0.3, -0.25) is 0 Å². The van der Waals surface area contributed by atoms with Gasteiger partial charge in [-0.1, -0.05) is 55.8 Å². The zero-order valence-electron chi connectivity index (χ0n) is 18.9. The van der Waals surface area contributed by atoms with E-state index < -0.39 is 8.32 Å². The van der Waals surface area contributed by atoms with E-state index in [1.165, 1.54) is 34.6 Å². The van der Waals surface area contributed by atoms with Crippen LogP contribution in [0.2, 0.25) is 19.6 Å². The van der Waals surface area contributed by atoms with Crippen LogP contribution in [0, 0.1) is 5.92 Å². The monoisotopic (exact) mass is 456 g/mol. The van der Waals surface area contributed by atoms with Crippen molar-refractivity contribution in [3.63, 3.8) is 0 Å². The highest BCUT2D eigenvalue weighted by Gasteiger charge is 2.45. The third-order valence-electron chi connectivity index (χ3n) is 5.72. The van der Waals surface area contributed by atoms with Crippen LogP contribution in [-0.4, -0.2) is 18.5 Å². The first-order chi connectivity index (χ1) is 14.3. The molecule has 1 aliphatic carbocycles. The summed E-state index contributed by atoms with van der Waals surface area (Å²) in [5.41, 5.74) is 1.07. The van der Waals surface area contributed by atoms with Gasteiger partial charge in [0, 0.05) is 9.79 Å². The first-order valence-corrected chi connectivity index (χ1v) is 16.2. The number of thioether (sulfide) groups is 2. The van der Waals surface area contributed by atoms with Crippen LogP contribution in [0.3, 0.4) is 0 Å². The van der Waals surface area contributed by atoms with Crippen LogP contribution >= 0.6 is 23.5 Å². The first kappa shape index (κ1) is 23.7. The van der Waals surface area contributed by atoms with E-state index in [-0.39, 0.29) is 5.60 Å². The van der Waals surface area contributed by atoms with Gasteiger partial charge in [-0.05, 0) is 81.6 Å². The lowest BCUT2D eigenvalue weighted by molar-refractivity contribution is 0.000193. The van der Waals surface area contributed by atoms with Gasteiger partial charge in [0.25, 0.3) is 0 Å². The molecular formula is C26H36OS2Si. The number of benzene rings is 2. The van der Waals surface area contributed by atoms with Gasteiger partial charge in [0.15, 0.2) is 8.32 Å². The van der Waals surface area contributed by atoms with Crippen LogP contribution in [0.15, 0.2) is 82.6 Å². The first-order valence-electron chi connectivity index (χ1n) is 11.1. The van der Waals surface area contributed by atoms with E-state index in [2.05, 4.69) is 93.8 Å². The summed E-state index contributed by atoms with van der Waals surface area (Å²) in [5.74, 6) is 0.521. The molecule has 3 rings (SSSR count). The highest BCUT2D eigenvalue weighted by atomic mass is 32.2. The Hall–Kier alpha value is -0.943. The van der Waals surface area contributed by atoms with E-state index in [4.69, 9.17) is 4.43 Å². The van der Waals surface area contributed by atoms with Gasteiger partial charge in [-0.15, -0.1) is 23.5 Å². The zero-order chi connectivity index (χ0) is 21.6. The van der Waals surface area contributed by atoms with E-state index in [0.29, 0.717) is 10.5 Å². The van der Waals surface area contributed by atoms with Crippen molar-refractivity contribution in [2.24, 2.45) is 5.92 Å². The minimum absolute atomic E-state index is 0.157. The van der Waals surface area contributed by atoms with Crippen molar-refractivity contribution in [3.8, 4) is 0 Å². The van der Waals surface area contributed by atoms with Crippen LogP contribution in [-0.2, 0) is 4.43 Å². The van der Waals surface area contributed by atoms with Gasteiger partial charge in [-0.2, -0.15) is 0 Å². The topological polar surface area (TPSA) is 9.23 Å². The van der Waals surface area contributed by atoms with Crippen LogP contribution in [0.1, 0.15) is 39.0 Å². The van der Waals surface area contributed by atoms with Crippen molar-refractivity contribution in [1.29, 1.82) is 0 Å². The standard InChI is InChI=1S/C26H36OS2Si/c1-21(2)26(27-30(3,4)5)19-13-12-14-22(26)20-25(28-23-15-8-6-9-16-23)29-24-17-10-7-11-18-24/h6-11,15-18,22,25H,1,12-14,19-20H2,2-5H3/t22-,26+/m1/s1. The fraction of sp³-hybridized carbons (Fsp3) is 0.462. The fourth-order valence-corrected chi connectivity index (χ4v) is 8.80. The highest BCUT2D eigenvalue weighted by Crippen LogP contribution is 2.49. The summed E-state index contributed by atoms with van der Waals surface area (Å²) in [7, 11) is -1.70. The fourth-order valence-electron chi connectivity index (χ4n) is 4.51. The van der Waals surface area contributed by atoms with Crippen molar-refractivity contribution in [3.05, 3.63) is 72.8 Å². The van der Waals surface area contributed by atoms with Crippen LogP contribution in [0.25, 0.3) is 0 Å². The molecule has 0 amide bonds. The molecule has 1 saturated carbocycles. The largest absolute Gasteiger partial charge is 0.408 e. The van der Waals surface area contributed by atoms with Crippen LogP contribution in [0.4, 0.5) is 0 Å². The molecule has 0 N–H and O–H groups in total. The summed E-state index contributed by atoms with van der Waals surface area (Å²) >= 11 is 3.99. The van der Waals surface area contributed by atoms with Crippen LogP contribution < -0.4 is 0 Å². The molecule has 0 aromatic heterocycles. The molecule has 30 heavy (non-hydrogen) atoms. The summed E-state index contributed by atoms with van der Waals surface area (Å²) in [4.78, 5) is 2.68. The lowest BCUT2D eigenvalue weighted by Crippen LogP contribution is -2.51. The summed E-state index contributed by atoms with van der Waals surface area (Å²) in [6, 6.07) is 21.7. The van der Waals surface area contributed by atoms with E-state index in [9.17, 15) is 0 Å². The third kappa shape index (κ3) is 6.53. The number of hydrogen-bond acceptors (Lipinski definition) is 3. The highest BCUT2D eigenvalue weighted by molar-refractivity contribution is 8.17. The molecule has 2 atom stereocenters. The molecule has 0 spiro atoms. The molecule has 0 aliphatic heterocycles. The van der Waals surface area contributed by atoms with Crippen molar-refractivity contribution < 1.29 is 4.43 Å². The minimum atomic E-state index is -1.70. The molecule has 0 heterocycles. The Morgan fingerprint density at radius 2 is 1.53 bits per heavy atom. The minimum Gasteiger partial charge on any atom is -0.408 e. The smallest absolute Gasteiger partial charge is 0.184 e. The Morgan fingerprint density at radius 1 is 1.00 bits per heavy atom.